The lowest BCUT2D eigenvalue weighted by molar-refractivity contribution is -0.159. The van der Waals surface area contributed by atoms with Crippen LogP contribution in [0, 0.1) is 5.92 Å². The molecule has 5 heteroatoms. The van der Waals surface area contributed by atoms with E-state index in [9.17, 15) is 9.59 Å². The van der Waals surface area contributed by atoms with Gasteiger partial charge in [-0.2, -0.15) is 0 Å². The van der Waals surface area contributed by atoms with Gasteiger partial charge >= 0.3 is 6.09 Å². The van der Waals surface area contributed by atoms with E-state index in [0.717, 1.165) is 6.42 Å². The number of hydrogen-bond donors (Lipinski definition) is 1. The van der Waals surface area contributed by atoms with Crippen LogP contribution in [0.3, 0.4) is 0 Å². The molecular formula is C13H22N2O3. The highest BCUT2D eigenvalue weighted by molar-refractivity contribution is 5.91. The van der Waals surface area contributed by atoms with Crippen LogP contribution in [0.1, 0.15) is 47.0 Å². The maximum Gasteiger partial charge on any atom is 0.411 e. The normalized spacial score (nSPS) is 34.8. The van der Waals surface area contributed by atoms with Gasteiger partial charge in [0, 0.05) is 12.5 Å². The van der Waals surface area contributed by atoms with Crippen molar-refractivity contribution in [2.45, 2.75) is 64.1 Å². The molecule has 0 radical (unpaired) electrons. The number of amides is 2. The van der Waals surface area contributed by atoms with Gasteiger partial charge in [0.25, 0.3) is 0 Å². The third-order valence-corrected chi connectivity index (χ3v) is 3.81. The van der Waals surface area contributed by atoms with Gasteiger partial charge in [0.1, 0.15) is 11.1 Å². The van der Waals surface area contributed by atoms with E-state index >= 15 is 0 Å². The molecule has 0 aromatic rings. The fourth-order valence-electron chi connectivity index (χ4n) is 3.27. The van der Waals surface area contributed by atoms with Gasteiger partial charge in [0.15, 0.2) is 0 Å². The molecule has 2 saturated heterocycles. The lowest BCUT2D eigenvalue weighted by atomic mass is 9.64. The number of primary amides is 1. The molecule has 0 aromatic heterocycles. The van der Waals surface area contributed by atoms with E-state index in [1.165, 1.54) is 0 Å². The highest BCUT2D eigenvalue weighted by atomic mass is 16.6. The first kappa shape index (κ1) is 13.2. The molecule has 2 bridgehead atoms. The summed E-state index contributed by atoms with van der Waals surface area (Å²) in [4.78, 5) is 25.4. The van der Waals surface area contributed by atoms with Crippen molar-refractivity contribution in [3.8, 4) is 0 Å². The van der Waals surface area contributed by atoms with Gasteiger partial charge in [-0.1, -0.05) is 6.92 Å². The smallest absolute Gasteiger partial charge is 0.411 e. The van der Waals surface area contributed by atoms with Crippen LogP contribution in [-0.4, -0.2) is 34.1 Å². The van der Waals surface area contributed by atoms with Gasteiger partial charge in [-0.05, 0) is 39.5 Å². The number of hydrogen-bond acceptors (Lipinski definition) is 3. The van der Waals surface area contributed by atoms with Crippen LogP contribution in [0.5, 0.6) is 0 Å². The predicted octanol–water partition coefficient (Wildman–Crippen LogP) is 1.65. The van der Waals surface area contributed by atoms with E-state index in [4.69, 9.17) is 10.5 Å². The van der Waals surface area contributed by atoms with Gasteiger partial charge in [-0.3, -0.25) is 9.69 Å². The molecule has 2 aliphatic heterocycles. The van der Waals surface area contributed by atoms with Gasteiger partial charge < -0.3 is 10.5 Å². The van der Waals surface area contributed by atoms with Gasteiger partial charge in [0.2, 0.25) is 5.91 Å². The summed E-state index contributed by atoms with van der Waals surface area (Å²) in [7, 11) is 0. The highest BCUT2D eigenvalue weighted by Crippen LogP contribution is 2.50. The molecular weight excluding hydrogens is 232 g/mol. The average Bonchev–Trinajstić information content (AvgIpc) is 2.12. The van der Waals surface area contributed by atoms with Crippen molar-refractivity contribution in [2.24, 2.45) is 11.7 Å². The molecule has 1 saturated carbocycles. The summed E-state index contributed by atoms with van der Waals surface area (Å²) in [5, 5.41) is 0. The first-order valence-corrected chi connectivity index (χ1v) is 6.48. The summed E-state index contributed by atoms with van der Waals surface area (Å²) in [5.41, 5.74) is 4.15. The molecule has 2 N–H and O–H groups in total. The van der Waals surface area contributed by atoms with Crippen LogP contribution in [0.4, 0.5) is 4.79 Å². The zero-order valence-electron chi connectivity index (χ0n) is 11.5. The molecule has 102 valence electrons. The second-order valence-electron chi connectivity index (χ2n) is 6.65. The van der Waals surface area contributed by atoms with Gasteiger partial charge in [-0.25, -0.2) is 4.79 Å². The molecule has 3 aliphatic rings. The fraction of sp³-hybridized carbons (Fsp3) is 0.846. The van der Waals surface area contributed by atoms with Gasteiger partial charge in [0.05, 0.1) is 0 Å². The van der Waals surface area contributed by atoms with Crippen LogP contribution in [0.25, 0.3) is 0 Å². The standard InChI is InChI=1S/C13H22N2O3/c1-8-5-9-7-13(6-8,10(14)16)15(9)11(17)18-12(2,3)4/h8-9H,5-7H2,1-4H3,(H2,14,16). The van der Waals surface area contributed by atoms with Crippen LogP contribution in [0.15, 0.2) is 0 Å². The van der Waals surface area contributed by atoms with E-state index in [-0.39, 0.29) is 6.04 Å². The molecule has 0 aromatic carbocycles. The molecule has 2 heterocycles. The summed E-state index contributed by atoms with van der Waals surface area (Å²) in [6.45, 7) is 7.55. The Kier molecular flexibility index (Phi) is 2.83. The molecule has 3 fully saturated rings. The molecule has 3 unspecified atom stereocenters. The Labute approximate surface area is 108 Å². The molecule has 3 rings (SSSR count). The summed E-state index contributed by atoms with van der Waals surface area (Å²) in [6.07, 6.45) is 1.85. The van der Waals surface area contributed by atoms with Crippen LogP contribution in [0.2, 0.25) is 0 Å². The van der Waals surface area contributed by atoms with E-state index in [1.54, 1.807) is 4.90 Å². The number of rotatable bonds is 1. The molecule has 1 aliphatic carbocycles. The van der Waals surface area contributed by atoms with Crippen molar-refractivity contribution in [1.29, 1.82) is 0 Å². The Morgan fingerprint density at radius 1 is 1.33 bits per heavy atom. The SMILES string of the molecule is CC1CC2CC(C(N)=O)(C1)N2C(=O)OC(C)(C)C. The number of nitrogens with zero attached hydrogens (tertiary/aromatic N) is 1. The van der Waals surface area contributed by atoms with Crippen molar-refractivity contribution >= 4 is 12.0 Å². The van der Waals surface area contributed by atoms with E-state index in [1.807, 2.05) is 20.8 Å². The number of fused-ring (bicyclic) bond motifs is 2. The summed E-state index contributed by atoms with van der Waals surface area (Å²) in [5.74, 6) is 0.0195. The maximum absolute atomic E-state index is 12.2. The lowest BCUT2D eigenvalue weighted by Crippen LogP contribution is -2.76. The predicted molar refractivity (Wildman–Crippen MR) is 66.8 cm³/mol. The quantitative estimate of drug-likeness (QED) is 0.773. The van der Waals surface area contributed by atoms with Crippen molar-refractivity contribution in [3.63, 3.8) is 0 Å². The molecule has 3 atom stereocenters. The Hall–Kier alpha value is -1.26. The average molecular weight is 254 g/mol. The second kappa shape index (κ2) is 3.87. The maximum atomic E-state index is 12.2. The molecule has 2 amide bonds. The Morgan fingerprint density at radius 3 is 2.44 bits per heavy atom. The highest BCUT2D eigenvalue weighted by Gasteiger charge is 2.62. The third kappa shape index (κ3) is 1.95. The first-order chi connectivity index (χ1) is 8.16. The monoisotopic (exact) mass is 254 g/mol. The zero-order valence-corrected chi connectivity index (χ0v) is 11.5. The topological polar surface area (TPSA) is 72.6 Å². The first-order valence-electron chi connectivity index (χ1n) is 6.48. The number of carbonyl (C=O) groups is 2. The van der Waals surface area contributed by atoms with Crippen molar-refractivity contribution < 1.29 is 14.3 Å². The van der Waals surface area contributed by atoms with Crippen molar-refractivity contribution in [2.75, 3.05) is 0 Å². The Balaban J connectivity index is 2.18. The Bertz CT molecular complexity index is 388. The minimum Gasteiger partial charge on any atom is -0.444 e. The van der Waals surface area contributed by atoms with Crippen LogP contribution < -0.4 is 5.73 Å². The van der Waals surface area contributed by atoms with Crippen LogP contribution >= 0.6 is 0 Å². The lowest BCUT2D eigenvalue weighted by Gasteiger charge is -2.61. The zero-order chi connectivity index (χ0) is 13.7. The minimum atomic E-state index is -0.801. The summed E-state index contributed by atoms with van der Waals surface area (Å²) >= 11 is 0. The number of piperidine rings is 1. The van der Waals surface area contributed by atoms with Crippen LogP contribution in [-0.2, 0) is 9.53 Å². The molecule has 0 spiro atoms. The summed E-state index contributed by atoms with van der Waals surface area (Å²) < 4.78 is 5.37. The number of ether oxygens (including phenoxy) is 1. The second-order valence-corrected chi connectivity index (χ2v) is 6.65. The van der Waals surface area contributed by atoms with E-state index in [2.05, 4.69) is 6.92 Å². The van der Waals surface area contributed by atoms with Crippen molar-refractivity contribution in [1.82, 2.24) is 4.90 Å². The van der Waals surface area contributed by atoms with Crippen molar-refractivity contribution in [3.05, 3.63) is 0 Å². The third-order valence-electron chi connectivity index (χ3n) is 3.81. The largest absolute Gasteiger partial charge is 0.444 e. The molecule has 5 nitrogen and oxygen atoms in total. The van der Waals surface area contributed by atoms with E-state index < -0.39 is 23.1 Å². The minimum absolute atomic E-state index is 0.107. The fourth-order valence-corrected chi connectivity index (χ4v) is 3.27. The van der Waals surface area contributed by atoms with Gasteiger partial charge in [-0.15, -0.1) is 0 Å². The van der Waals surface area contributed by atoms with E-state index in [0.29, 0.717) is 18.8 Å². The molecule has 18 heavy (non-hydrogen) atoms. The number of nitrogens with two attached hydrogens (primary N) is 1. The Morgan fingerprint density at radius 2 is 1.94 bits per heavy atom. The summed E-state index contributed by atoms with van der Waals surface area (Å²) in [6, 6.07) is 0.107. The number of carbonyl (C=O) groups excluding carboxylic acids is 2.